The van der Waals surface area contributed by atoms with Crippen LogP contribution in [0.25, 0.3) is 0 Å². The van der Waals surface area contributed by atoms with Gasteiger partial charge in [-0.1, -0.05) is 35.8 Å². The predicted molar refractivity (Wildman–Crippen MR) is 135 cm³/mol. The lowest BCUT2D eigenvalue weighted by Gasteiger charge is -2.34. The van der Waals surface area contributed by atoms with Gasteiger partial charge in [-0.2, -0.15) is 0 Å². The molecule has 0 aromatic heterocycles. The van der Waals surface area contributed by atoms with Crippen LogP contribution < -0.4 is 0 Å². The molecule has 1 aromatic carbocycles. The number of hydrogen-bond donors (Lipinski definition) is 0. The van der Waals surface area contributed by atoms with Gasteiger partial charge in [-0.05, 0) is 83.5 Å². The number of carbonyl (C=O) groups is 1. The highest BCUT2D eigenvalue weighted by Gasteiger charge is 2.31. The summed E-state index contributed by atoms with van der Waals surface area (Å²) in [7, 11) is 0. The standard InChI is InChI=1S/C27H34Cl2FNO3/c1-17(19-11-12-19)25(14-24(30)18(2)26(32)34-27(3,4)5)33-20-8-7-13-31(15-20)16-21-22(28)9-6-10-23(21)29/h6,9-10,14,19-20H,1,7-8,11-13,15-16H2,2-5H3/b24-18-,25-14+/t20-/m1/s1. The molecule has 2 fully saturated rings. The minimum atomic E-state index is -0.699. The van der Waals surface area contributed by atoms with Crippen LogP contribution in [0.3, 0.4) is 0 Å². The molecule has 0 amide bonds. The fraction of sp³-hybridized carbons (Fsp3) is 0.519. The Hall–Kier alpha value is -1.82. The highest BCUT2D eigenvalue weighted by molar-refractivity contribution is 6.35. The first kappa shape index (κ1) is 26.8. The highest BCUT2D eigenvalue weighted by atomic mass is 35.5. The van der Waals surface area contributed by atoms with Gasteiger partial charge in [-0.3, -0.25) is 4.90 Å². The Morgan fingerprint density at radius 1 is 1.24 bits per heavy atom. The second-order valence-electron chi connectivity index (χ2n) is 10.1. The largest absolute Gasteiger partial charge is 0.489 e. The van der Waals surface area contributed by atoms with Crippen LogP contribution in [0.2, 0.25) is 10.0 Å². The maximum absolute atomic E-state index is 15.1. The van der Waals surface area contributed by atoms with Crippen molar-refractivity contribution in [3.63, 3.8) is 0 Å². The molecule has 0 bridgehead atoms. The van der Waals surface area contributed by atoms with Crippen molar-refractivity contribution in [2.24, 2.45) is 5.92 Å². The second-order valence-corrected chi connectivity index (χ2v) is 10.9. The van der Waals surface area contributed by atoms with Crippen molar-refractivity contribution >= 4 is 29.2 Å². The molecule has 1 heterocycles. The van der Waals surface area contributed by atoms with Crippen molar-refractivity contribution < 1.29 is 18.7 Å². The van der Waals surface area contributed by atoms with Crippen molar-refractivity contribution in [2.45, 2.75) is 71.6 Å². The number of likely N-dealkylation sites (tertiary alicyclic amines) is 1. The number of allylic oxidation sites excluding steroid dienone is 3. The van der Waals surface area contributed by atoms with Crippen molar-refractivity contribution in [3.8, 4) is 0 Å². The van der Waals surface area contributed by atoms with E-state index in [1.807, 2.05) is 18.2 Å². The van der Waals surface area contributed by atoms with Gasteiger partial charge in [0, 0.05) is 34.8 Å². The van der Waals surface area contributed by atoms with Gasteiger partial charge in [-0.25, -0.2) is 9.18 Å². The Balaban J connectivity index is 1.75. The van der Waals surface area contributed by atoms with E-state index in [9.17, 15) is 4.79 Å². The van der Waals surface area contributed by atoms with E-state index in [-0.39, 0.29) is 11.7 Å². The molecule has 7 heteroatoms. The normalized spacial score (nSPS) is 20.6. The fourth-order valence-electron chi connectivity index (χ4n) is 3.85. The van der Waals surface area contributed by atoms with Crippen molar-refractivity contribution in [1.29, 1.82) is 0 Å². The van der Waals surface area contributed by atoms with E-state index in [4.69, 9.17) is 32.7 Å². The summed E-state index contributed by atoms with van der Waals surface area (Å²) in [6.07, 6.45) is 4.97. The SMILES string of the molecule is C=C(/C(=C\C(F)=C(/C)C(=O)OC(C)(C)C)O[C@@H]1CCCN(Cc2c(Cl)cccc2Cl)C1)C1CC1. The maximum atomic E-state index is 15.1. The van der Waals surface area contributed by atoms with Gasteiger partial charge in [0.15, 0.2) is 0 Å². The van der Waals surface area contributed by atoms with Gasteiger partial charge < -0.3 is 9.47 Å². The number of halogens is 3. The summed E-state index contributed by atoms with van der Waals surface area (Å²) >= 11 is 12.7. The lowest BCUT2D eigenvalue weighted by molar-refractivity contribution is -0.149. The number of piperidine rings is 1. The smallest absolute Gasteiger partial charge is 0.337 e. The molecule has 1 atom stereocenters. The molecular weight excluding hydrogens is 476 g/mol. The molecule has 3 rings (SSSR count). The first-order valence-corrected chi connectivity index (χ1v) is 12.5. The highest BCUT2D eigenvalue weighted by Crippen LogP contribution is 2.40. The average Bonchev–Trinajstić information content (AvgIpc) is 3.59. The van der Waals surface area contributed by atoms with Gasteiger partial charge in [0.1, 0.15) is 23.3 Å². The summed E-state index contributed by atoms with van der Waals surface area (Å²) in [6.45, 7) is 13.0. The Kier molecular flexibility index (Phi) is 8.88. The van der Waals surface area contributed by atoms with Crippen LogP contribution in [0.1, 0.15) is 58.9 Å². The second kappa shape index (κ2) is 11.3. The van der Waals surface area contributed by atoms with E-state index in [2.05, 4.69) is 11.5 Å². The molecule has 1 saturated heterocycles. The number of rotatable bonds is 8. The summed E-state index contributed by atoms with van der Waals surface area (Å²) in [4.78, 5) is 14.6. The van der Waals surface area contributed by atoms with Crippen molar-refractivity contribution in [2.75, 3.05) is 13.1 Å². The van der Waals surface area contributed by atoms with Crippen molar-refractivity contribution in [3.05, 3.63) is 69.2 Å². The van der Waals surface area contributed by atoms with Gasteiger partial charge in [0.05, 0.1) is 5.57 Å². The zero-order valence-electron chi connectivity index (χ0n) is 20.4. The van der Waals surface area contributed by atoms with Crippen LogP contribution in [0.15, 0.2) is 53.6 Å². The minimum absolute atomic E-state index is 0.0850. The van der Waals surface area contributed by atoms with E-state index in [0.717, 1.165) is 43.4 Å². The van der Waals surface area contributed by atoms with E-state index >= 15 is 4.39 Å². The number of nitrogens with zero attached hydrogens (tertiary/aromatic N) is 1. The van der Waals surface area contributed by atoms with Crippen LogP contribution in [-0.4, -0.2) is 35.7 Å². The van der Waals surface area contributed by atoms with Crippen LogP contribution in [0.5, 0.6) is 0 Å². The molecule has 1 aliphatic heterocycles. The summed E-state index contributed by atoms with van der Waals surface area (Å²) in [5.74, 6) is -0.646. The van der Waals surface area contributed by atoms with Crippen LogP contribution in [-0.2, 0) is 20.8 Å². The predicted octanol–water partition coefficient (Wildman–Crippen LogP) is 7.41. The average molecular weight is 510 g/mol. The van der Waals surface area contributed by atoms with Gasteiger partial charge >= 0.3 is 5.97 Å². The van der Waals surface area contributed by atoms with E-state index in [1.54, 1.807) is 20.8 Å². The van der Waals surface area contributed by atoms with E-state index in [1.165, 1.54) is 13.0 Å². The molecule has 1 aromatic rings. The molecule has 1 saturated carbocycles. The molecule has 0 unspecified atom stereocenters. The van der Waals surface area contributed by atoms with Crippen LogP contribution >= 0.6 is 23.2 Å². The molecule has 34 heavy (non-hydrogen) atoms. The Bertz CT molecular complexity index is 972. The molecule has 0 N–H and O–H groups in total. The third kappa shape index (κ3) is 7.59. The van der Waals surface area contributed by atoms with Crippen LogP contribution in [0, 0.1) is 5.92 Å². The molecule has 4 nitrogen and oxygen atoms in total. The third-order valence-electron chi connectivity index (χ3n) is 5.91. The molecule has 2 aliphatic rings. The Morgan fingerprint density at radius 2 is 1.88 bits per heavy atom. The first-order chi connectivity index (χ1) is 15.9. The number of hydrogen-bond acceptors (Lipinski definition) is 4. The minimum Gasteiger partial charge on any atom is -0.489 e. The Labute approximate surface area is 212 Å². The third-order valence-corrected chi connectivity index (χ3v) is 6.62. The number of benzene rings is 1. The van der Waals surface area contributed by atoms with E-state index in [0.29, 0.717) is 34.8 Å². The van der Waals surface area contributed by atoms with Crippen molar-refractivity contribution in [1.82, 2.24) is 4.90 Å². The zero-order valence-corrected chi connectivity index (χ0v) is 21.9. The van der Waals surface area contributed by atoms with Gasteiger partial charge in [-0.15, -0.1) is 0 Å². The zero-order chi connectivity index (χ0) is 25.0. The van der Waals surface area contributed by atoms with Gasteiger partial charge in [0.2, 0.25) is 0 Å². The number of esters is 1. The molecular formula is C27H34Cl2FNO3. The molecule has 0 radical (unpaired) electrons. The van der Waals surface area contributed by atoms with Gasteiger partial charge in [0.25, 0.3) is 0 Å². The summed E-state index contributed by atoms with van der Waals surface area (Å²) in [5.41, 5.74) is 0.887. The first-order valence-electron chi connectivity index (χ1n) is 11.8. The maximum Gasteiger partial charge on any atom is 0.337 e. The fourth-order valence-corrected chi connectivity index (χ4v) is 4.37. The molecule has 1 aliphatic carbocycles. The number of carbonyl (C=O) groups excluding carboxylic acids is 1. The topological polar surface area (TPSA) is 38.8 Å². The Morgan fingerprint density at radius 3 is 2.47 bits per heavy atom. The lowest BCUT2D eigenvalue weighted by atomic mass is 10.1. The summed E-state index contributed by atoms with van der Waals surface area (Å²) in [5, 5.41) is 1.28. The molecule has 186 valence electrons. The van der Waals surface area contributed by atoms with Crippen LogP contribution in [0.4, 0.5) is 4.39 Å². The lowest BCUT2D eigenvalue weighted by Crippen LogP contribution is -2.39. The summed E-state index contributed by atoms with van der Waals surface area (Å²) in [6, 6.07) is 5.50. The summed E-state index contributed by atoms with van der Waals surface area (Å²) < 4.78 is 26.7. The monoisotopic (exact) mass is 509 g/mol. The number of ether oxygens (including phenoxy) is 2. The quantitative estimate of drug-likeness (QED) is 0.158. The molecule has 0 spiro atoms. The van der Waals surface area contributed by atoms with E-state index < -0.39 is 17.4 Å².